The van der Waals surface area contributed by atoms with Crippen LogP contribution in [0.4, 0.5) is 0 Å². The highest BCUT2D eigenvalue weighted by Crippen LogP contribution is 2.23. The first-order valence-corrected chi connectivity index (χ1v) is 8.11. The van der Waals surface area contributed by atoms with Crippen LogP contribution in [0.2, 0.25) is 5.02 Å². The van der Waals surface area contributed by atoms with Crippen LogP contribution in [0.5, 0.6) is 5.75 Å². The van der Waals surface area contributed by atoms with Crippen LogP contribution < -0.4 is 4.74 Å². The van der Waals surface area contributed by atoms with Gasteiger partial charge in [0.25, 0.3) is 0 Å². The summed E-state index contributed by atoms with van der Waals surface area (Å²) >= 11 is 5.85. The van der Waals surface area contributed by atoms with Gasteiger partial charge in [-0.3, -0.25) is 4.57 Å². The van der Waals surface area contributed by atoms with E-state index in [9.17, 15) is 5.26 Å². The number of nitriles is 1. The third-order valence-electron chi connectivity index (χ3n) is 3.64. The highest BCUT2D eigenvalue weighted by atomic mass is 35.5. The van der Waals surface area contributed by atoms with Gasteiger partial charge in [0.1, 0.15) is 24.0 Å². The lowest BCUT2D eigenvalue weighted by Crippen LogP contribution is -2.05. The Bertz CT molecular complexity index is 958. The Balaban J connectivity index is 1.77. The van der Waals surface area contributed by atoms with Crippen molar-refractivity contribution < 1.29 is 9.57 Å². The molecule has 3 aromatic rings. The van der Waals surface area contributed by atoms with E-state index >= 15 is 0 Å². The number of halogens is 1. The quantitative estimate of drug-likeness (QED) is 0.489. The molecular formula is C19H15ClN4O2. The van der Waals surface area contributed by atoms with E-state index in [0.717, 1.165) is 11.3 Å². The van der Waals surface area contributed by atoms with Crippen LogP contribution in [0.1, 0.15) is 16.8 Å². The van der Waals surface area contributed by atoms with Crippen molar-refractivity contribution in [2.75, 3.05) is 7.11 Å². The highest BCUT2D eigenvalue weighted by Gasteiger charge is 2.13. The fraction of sp³-hybridized carbons (Fsp3) is 0.105. The van der Waals surface area contributed by atoms with E-state index in [0.29, 0.717) is 28.8 Å². The topological polar surface area (TPSA) is 72.4 Å². The minimum atomic E-state index is 0.329. The molecule has 2 aromatic heterocycles. The van der Waals surface area contributed by atoms with E-state index in [1.54, 1.807) is 41.4 Å². The SMILES string of the molecule is COc1ccnc(-n2cccc2/C=N\OCc2ccc(Cl)cc2)c1C#N. The summed E-state index contributed by atoms with van der Waals surface area (Å²) in [4.78, 5) is 9.62. The Hall–Kier alpha value is -3.30. The number of ether oxygens (including phenoxy) is 1. The number of hydrogen-bond donors (Lipinski definition) is 0. The molecule has 0 saturated heterocycles. The molecule has 0 amide bonds. The van der Waals surface area contributed by atoms with Crippen molar-refractivity contribution >= 4 is 17.8 Å². The summed E-state index contributed by atoms with van der Waals surface area (Å²) in [6, 6.07) is 14.8. The van der Waals surface area contributed by atoms with E-state index in [2.05, 4.69) is 16.2 Å². The average molecular weight is 367 g/mol. The molecule has 1 aromatic carbocycles. The Labute approximate surface area is 155 Å². The number of pyridine rings is 1. The van der Waals surface area contributed by atoms with Crippen molar-refractivity contribution in [3.05, 3.63) is 76.7 Å². The molecule has 0 bridgehead atoms. The Morgan fingerprint density at radius 3 is 2.81 bits per heavy atom. The van der Waals surface area contributed by atoms with Gasteiger partial charge in [0.2, 0.25) is 0 Å². The molecule has 0 unspecified atom stereocenters. The first kappa shape index (κ1) is 17.5. The summed E-state index contributed by atoms with van der Waals surface area (Å²) in [7, 11) is 1.52. The lowest BCUT2D eigenvalue weighted by molar-refractivity contribution is 0.132. The summed E-state index contributed by atoms with van der Waals surface area (Å²) < 4.78 is 6.97. The molecule has 0 N–H and O–H groups in total. The van der Waals surface area contributed by atoms with E-state index in [-0.39, 0.29) is 0 Å². The molecule has 0 fully saturated rings. The summed E-state index contributed by atoms with van der Waals surface area (Å²) in [5.74, 6) is 0.934. The van der Waals surface area contributed by atoms with Crippen LogP contribution >= 0.6 is 11.6 Å². The van der Waals surface area contributed by atoms with E-state index in [4.69, 9.17) is 21.2 Å². The van der Waals surface area contributed by atoms with Crippen LogP contribution in [0, 0.1) is 11.3 Å². The number of benzene rings is 1. The van der Waals surface area contributed by atoms with Gasteiger partial charge >= 0.3 is 0 Å². The number of aromatic nitrogens is 2. The third-order valence-corrected chi connectivity index (χ3v) is 3.89. The average Bonchev–Trinajstić information content (AvgIpc) is 3.14. The van der Waals surface area contributed by atoms with Crippen LogP contribution in [0.15, 0.2) is 60.0 Å². The zero-order chi connectivity index (χ0) is 18.4. The molecule has 0 saturated carbocycles. The predicted octanol–water partition coefficient (Wildman–Crippen LogP) is 3.96. The summed E-state index contributed by atoms with van der Waals surface area (Å²) in [6.45, 7) is 0.329. The molecule has 0 aliphatic heterocycles. The van der Waals surface area contributed by atoms with Gasteiger partial charge in [-0.25, -0.2) is 4.98 Å². The Kier molecular flexibility index (Phi) is 5.52. The highest BCUT2D eigenvalue weighted by molar-refractivity contribution is 6.30. The molecule has 0 spiro atoms. The fourth-order valence-electron chi connectivity index (χ4n) is 2.37. The van der Waals surface area contributed by atoms with Crippen molar-refractivity contribution in [3.8, 4) is 17.6 Å². The van der Waals surface area contributed by atoms with Gasteiger partial charge in [-0.15, -0.1) is 0 Å². The van der Waals surface area contributed by atoms with Crippen LogP contribution in [-0.2, 0) is 11.4 Å². The summed E-state index contributed by atoms with van der Waals surface area (Å²) in [5.41, 5.74) is 2.03. The fourth-order valence-corrected chi connectivity index (χ4v) is 2.49. The van der Waals surface area contributed by atoms with Gasteiger partial charge < -0.3 is 9.57 Å². The molecule has 26 heavy (non-hydrogen) atoms. The van der Waals surface area contributed by atoms with Crippen molar-refractivity contribution in [2.24, 2.45) is 5.16 Å². The molecule has 2 heterocycles. The Morgan fingerprint density at radius 2 is 2.08 bits per heavy atom. The Morgan fingerprint density at radius 1 is 1.27 bits per heavy atom. The van der Waals surface area contributed by atoms with Gasteiger partial charge in [-0.2, -0.15) is 5.26 Å². The van der Waals surface area contributed by atoms with Crippen LogP contribution in [0.25, 0.3) is 5.82 Å². The van der Waals surface area contributed by atoms with Gasteiger partial charge in [0.15, 0.2) is 5.82 Å². The largest absolute Gasteiger partial charge is 0.495 e. The maximum Gasteiger partial charge on any atom is 0.158 e. The third kappa shape index (κ3) is 3.85. The van der Waals surface area contributed by atoms with Gasteiger partial charge in [0.05, 0.1) is 19.0 Å². The minimum Gasteiger partial charge on any atom is -0.495 e. The van der Waals surface area contributed by atoms with E-state index in [1.165, 1.54) is 7.11 Å². The maximum absolute atomic E-state index is 9.43. The second kappa shape index (κ2) is 8.19. The second-order valence-corrected chi connectivity index (χ2v) is 5.70. The molecule has 0 aliphatic carbocycles. The van der Waals surface area contributed by atoms with E-state index < -0.39 is 0 Å². The lowest BCUT2D eigenvalue weighted by Gasteiger charge is -2.10. The molecule has 3 rings (SSSR count). The standard InChI is InChI=1S/C19H15ClN4O2/c1-25-18-8-9-22-19(17(18)11-21)24-10-2-3-16(24)12-23-26-13-14-4-6-15(20)7-5-14/h2-10,12H,13H2,1H3/b23-12-. The second-order valence-electron chi connectivity index (χ2n) is 5.26. The molecule has 0 aliphatic rings. The maximum atomic E-state index is 9.43. The zero-order valence-electron chi connectivity index (χ0n) is 14.0. The van der Waals surface area contributed by atoms with E-state index in [1.807, 2.05) is 24.3 Å². The van der Waals surface area contributed by atoms with Crippen molar-refractivity contribution in [2.45, 2.75) is 6.61 Å². The first-order valence-electron chi connectivity index (χ1n) is 7.73. The van der Waals surface area contributed by atoms with Gasteiger partial charge in [-0.1, -0.05) is 28.9 Å². The zero-order valence-corrected chi connectivity index (χ0v) is 14.7. The molecular weight excluding hydrogens is 352 g/mol. The molecule has 130 valence electrons. The lowest BCUT2D eigenvalue weighted by atomic mass is 10.2. The molecule has 0 radical (unpaired) electrons. The number of hydrogen-bond acceptors (Lipinski definition) is 5. The van der Waals surface area contributed by atoms with Crippen LogP contribution in [0.3, 0.4) is 0 Å². The monoisotopic (exact) mass is 366 g/mol. The van der Waals surface area contributed by atoms with Gasteiger partial charge in [0, 0.05) is 17.4 Å². The minimum absolute atomic E-state index is 0.329. The molecule has 0 atom stereocenters. The van der Waals surface area contributed by atoms with Crippen molar-refractivity contribution in [1.82, 2.24) is 9.55 Å². The summed E-state index contributed by atoms with van der Waals surface area (Å²) in [5, 5.41) is 14.1. The van der Waals surface area contributed by atoms with Crippen molar-refractivity contribution in [3.63, 3.8) is 0 Å². The number of oxime groups is 1. The number of nitrogens with zero attached hydrogens (tertiary/aromatic N) is 4. The first-order chi connectivity index (χ1) is 12.7. The summed E-state index contributed by atoms with van der Waals surface area (Å²) in [6.07, 6.45) is 4.95. The van der Waals surface area contributed by atoms with Gasteiger partial charge in [-0.05, 0) is 35.9 Å². The predicted molar refractivity (Wildman–Crippen MR) is 98.7 cm³/mol. The molecule has 7 heteroatoms. The number of rotatable bonds is 6. The molecule has 6 nitrogen and oxygen atoms in total. The van der Waals surface area contributed by atoms with Crippen LogP contribution in [-0.4, -0.2) is 22.9 Å². The normalized spacial score (nSPS) is 10.7. The van der Waals surface area contributed by atoms with Crippen molar-refractivity contribution in [1.29, 1.82) is 5.26 Å². The smallest absolute Gasteiger partial charge is 0.158 e. The number of methoxy groups -OCH3 is 1.